The molecule has 0 radical (unpaired) electrons. The number of nitrogens with one attached hydrogen (secondary N) is 2. The van der Waals surface area contributed by atoms with Crippen LogP contribution >= 0.6 is 11.3 Å². The molecule has 0 unspecified atom stereocenters. The van der Waals surface area contributed by atoms with Crippen molar-refractivity contribution in [3.8, 4) is 0 Å². The first-order chi connectivity index (χ1) is 16.0. The molecule has 0 aliphatic rings. The van der Waals surface area contributed by atoms with Crippen LogP contribution in [0.1, 0.15) is 20.8 Å². The van der Waals surface area contributed by atoms with Crippen LogP contribution in [0.5, 0.6) is 0 Å². The Labute approximate surface area is 192 Å². The smallest absolute Gasteiger partial charge is 0.332 e. The Balaban J connectivity index is 1.38. The predicted molar refractivity (Wildman–Crippen MR) is 131 cm³/mol. The van der Waals surface area contributed by atoms with Gasteiger partial charge in [-0.1, -0.05) is 48.5 Å². The molecule has 5 rings (SSSR count). The van der Waals surface area contributed by atoms with E-state index in [4.69, 9.17) is 0 Å². The SMILES string of the molecule is Cn1c(=O)n(Cc2ccccc2)c(=O)c2cc(C(=O)NCCc3c[nH]c4ccccc34)sc21. The van der Waals surface area contributed by atoms with E-state index < -0.39 is 5.69 Å². The number of rotatable bonds is 6. The Hall–Kier alpha value is -3.91. The van der Waals surface area contributed by atoms with Crippen LogP contribution in [0.15, 0.2) is 76.4 Å². The zero-order chi connectivity index (χ0) is 22.9. The lowest BCUT2D eigenvalue weighted by atomic mass is 10.1. The van der Waals surface area contributed by atoms with Gasteiger partial charge in [-0.2, -0.15) is 0 Å². The number of hydrogen-bond acceptors (Lipinski definition) is 4. The number of amides is 1. The van der Waals surface area contributed by atoms with Crippen LogP contribution in [0.4, 0.5) is 0 Å². The summed E-state index contributed by atoms with van der Waals surface area (Å²) in [4.78, 5) is 42.8. The highest BCUT2D eigenvalue weighted by molar-refractivity contribution is 7.20. The van der Waals surface area contributed by atoms with Crippen molar-refractivity contribution in [1.82, 2.24) is 19.4 Å². The van der Waals surface area contributed by atoms with Crippen molar-refractivity contribution < 1.29 is 4.79 Å². The van der Waals surface area contributed by atoms with E-state index in [0.717, 1.165) is 33.4 Å². The number of thiophene rings is 1. The third kappa shape index (κ3) is 3.89. The van der Waals surface area contributed by atoms with Gasteiger partial charge in [0.25, 0.3) is 11.5 Å². The summed E-state index contributed by atoms with van der Waals surface area (Å²) in [7, 11) is 1.63. The summed E-state index contributed by atoms with van der Waals surface area (Å²) in [6.07, 6.45) is 2.64. The highest BCUT2D eigenvalue weighted by Gasteiger charge is 2.18. The zero-order valence-electron chi connectivity index (χ0n) is 18.0. The zero-order valence-corrected chi connectivity index (χ0v) is 18.8. The van der Waals surface area contributed by atoms with Crippen molar-refractivity contribution in [3.05, 3.63) is 104 Å². The van der Waals surface area contributed by atoms with Crippen LogP contribution < -0.4 is 16.6 Å². The number of para-hydroxylation sites is 1. The Morgan fingerprint density at radius 1 is 1.03 bits per heavy atom. The molecule has 0 bridgehead atoms. The Bertz CT molecular complexity index is 1590. The van der Waals surface area contributed by atoms with Gasteiger partial charge in [-0.3, -0.25) is 18.7 Å². The molecule has 33 heavy (non-hydrogen) atoms. The molecule has 3 heterocycles. The van der Waals surface area contributed by atoms with Crippen LogP contribution in [0, 0.1) is 0 Å². The summed E-state index contributed by atoms with van der Waals surface area (Å²) in [6.45, 7) is 0.649. The van der Waals surface area contributed by atoms with Crippen LogP contribution in [0.2, 0.25) is 0 Å². The van der Waals surface area contributed by atoms with Crippen molar-refractivity contribution >= 4 is 38.4 Å². The molecule has 7 nitrogen and oxygen atoms in total. The van der Waals surface area contributed by atoms with Crippen molar-refractivity contribution in [3.63, 3.8) is 0 Å². The van der Waals surface area contributed by atoms with Crippen LogP contribution in [-0.2, 0) is 20.0 Å². The molecule has 5 aromatic rings. The summed E-state index contributed by atoms with van der Waals surface area (Å²) in [5.41, 5.74) is 2.28. The topological polar surface area (TPSA) is 88.9 Å². The second-order valence-corrected chi connectivity index (χ2v) is 8.94. The summed E-state index contributed by atoms with van der Waals surface area (Å²) < 4.78 is 2.65. The first kappa shape index (κ1) is 21.0. The number of aromatic nitrogens is 3. The fourth-order valence-electron chi connectivity index (χ4n) is 4.04. The second kappa shape index (κ2) is 8.55. The number of fused-ring (bicyclic) bond motifs is 2. The molecule has 8 heteroatoms. The number of aromatic amines is 1. The molecule has 0 fully saturated rings. The van der Waals surface area contributed by atoms with E-state index in [1.165, 1.54) is 9.13 Å². The van der Waals surface area contributed by atoms with Gasteiger partial charge in [0.05, 0.1) is 16.8 Å². The molecule has 0 atom stereocenters. The minimum atomic E-state index is -0.399. The maximum absolute atomic E-state index is 13.1. The van der Waals surface area contributed by atoms with Crippen LogP contribution in [0.25, 0.3) is 21.1 Å². The number of hydrogen-bond donors (Lipinski definition) is 2. The number of carbonyl (C=O) groups excluding carboxylic acids is 1. The van der Waals surface area contributed by atoms with Gasteiger partial charge in [0, 0.05) is 30.7 Å². The summed E-state index contributed by atoms with van der Waals surface area (Å²) in [6, 6.07) is 19.0. The number of H-pyrrole nitrogens is 1. The third-order valence-corrected chi connectivity index (χ3v) is 6.98. The average molecular weight is 459 g/mol. The average Bonchev–Trinajstić information content (AvgIpc) is 3.46. The fraction of sp³-hybridized carbons (Fsp3) is 0.160. The van der Waals surface area contributed by atoms with E-state index in [0.29, 0.717) is 28.1 Å². The lowest BCUT2D eigenvalue weighted by molar-refractivity contribution is 0.0958. The number of benzene rings is 2. The Morgan fingerprint density at radius 2 is 1.79 bits per heavy atom. The minimum Gasteiger partial charge on any atom is -0.361 e. The van der Waals surface area contributed by atoms with Gasteiger partial charge >= 0.3 is 5.69 Å². The molecule has 3 aromatic heterocycles. The highest BCUT2D eigenvalue weighted by atomic mass is 32.1. The van der Waals surface area contributed by atoms with Crippen LogP contribution in [-0.4, -0.2) is 26.6 Å². The molecule has 166 valence electrons. The van der Waals surface area contributed by atoms with E-state index >= 15 is 0 Å². The Morgan fingerprint density at radius 3 is 2.61 bits per heavy atom. The van der Waals surface area contributed by atoms with Gasteiger partial charge < -0.3 is 10.3 Å². The van der Waals surface area contributed by atoms with Crippen molar-refractivity contribution in [1.29, 1.82) is 0 Å². The number of aryl methyl sites for hydroxylation is 1. The molecule has 0 saturated heterocycles. The number of nitrogens with zero attached hydrogens (tertiary/aromatic N) is 2. The molecule has 0 saturated carbocycles. The van der Waals surface area contributed by atoms with E-state index in [9.17, 15) is 14.4 Å². The molecule has 0 spiro atoms. The van der Waals surface area contributed by atoms with Crippen LogP contribution in [0.3, 0.4) is 0 Å². The molecule has 2 aromatic carbocycles. The quantitative estimate of drug-likeness (QED) is 0.409. The molecular formula is C25H22N4O3S. The summed E-state index contributed by atoms with van der Waals surface area (Å²) in [5, 5.41) is 4.45. The van der Waals surface area contributed by atoms with Gasteiger partial charge in [-0.25, -0.2) is 4.79 Å². The Kier molecular flexibility index (Phi) is 5.43. The largest absolute Gasteiger partial charge is 0.361 e. The van der Waals surface area contributed by atoms with Gasteiger partial charge in [-0.05, 0) is 29.7 Å². The highest BCUT2D eigenvalue weighted by Crippen LogP contribution is 2.22. The van der Waals surface area contributed by atoms with Gasteiger partial charge in [0.15, 0.2) is 0 Å². The molecule has 0 aliphatic heterocycles. The molecule has 1 amide bonds. The van der Waals surface area contributed by atoms with Gasteiger partial charge in [0.2, 0.25) is 0 Å². The second-order valence-electron chi connectivity index (χ2n) is 7.91. The van der Waals surface area contributed by atoms with E-state index in [1.807, 2.05) is 54.7 Å². The predicted octanol–water partition coefficient (Wildman–Crippen LogP) is 3.26. The van der Waals surface area contributed by atoms with Crippen molar-refractivity contribution in [2.24, 2.45) is 7.05 Å². The first-order valence-corrected chi connectivity index (χ1v) is 11.4. The minimum absolute atomic E-state index is 0.185. The maximum atomic E-state index is 13.1. The first-order valence-electron chi connectivity index (χ1n) is 10.6. The lowest BCUT2D eigenvalue weighted by Crippen LogP contribution is -2.38. The van der Waals surface area contributed by atoms with E-state index in [2.05, 4.69) is 16.4 Å². The molecule has 2 N–H and O–H groups in total. The van der Waals surface area contributed by atoms with Gasteiger partial charge in [0.1, 0.15) is 4.83 Å². The normalized spacial score (nSPS) is 11.3. The van der Waals surface area contributed by atoms with Crippen molar-refractivity contribution in [2.75, 3.05) is 6.54 Å². The van der Waals surface area contributed by atoms with E-state index in [-0.39, 0.29) is 18.0 Å². The molecule has 0 aliphatic carbocycles. The third-order valence-electron chi connectivity index (χ3n) is 5.77. The number of carbonyl (C=O) groups is 1. The maximum Gasteiger partial charge on any atom is 0.332 e. The summed E-state index contributed by atoms with van der Waals surface area (Å²) in [5.74, 6) is -0.252. The lowest BCUT2D eigenvalue weighted by Gasteiger charge is -2.08. The monoisotopic (exact) mass is 458 g/mol. The fourth-order valence-corrected chi connectivity index (χ4v) is 5.06. The van der Waals surface area contributed by atoms with E-state index in [1.54, 1.807) is 13.1 Å². The summed E-state index contributed by atoms with van der Waals surface area (Å²) >= 11 is 1.16. The van der Waals surface area contributed by atoms with Crippen molar-refractivity contribution in [2.45, 2.75) is 13.0 Å². The standard InChI is InChI=1S/C25H22N4O3S/c1-28-24-19(23(31)29(25(28)32)15-16-7-3-2-4-8-16)13-21(33-24)22(30)26-12-11-17-14-27-20-10-6-5-9-18(17)20/h2-10,13-14,27H,11-12,15H2,1H3,(H,26,30). The van der Waals surface area contributed by atoms with Gasteiger partial charge in [-0.15, -0.1) is 11.3 Å². The molecular weight excluding hydrogens is 436 g/mol.